The number of aliphatic hydroxyl groups is 1. The van der Waals surface area contributed by atoms with Crippen molar-refractivity contribution < 1.29 is 19.4 Å². The third-order valence-electron chi connectivity index (χ3n) is 6.67. The highest BCUT2D eigenvalue weighted by Crippen LogP contribution is 2.42. The molecule has 5 rings (SSSR count). The van der Waals surface area contributed by atoms with Crippen LogP contribution in [0.1, 0.15) is 55.0 Å². The second-order valence-corrected chi connectivity index (χ2v) is 9.43. The van der Waals surface area contributed by atoms with Gasteiger partial charge in [0, 0.05) is 11.3 Å². The van der Waals surface area contributed by atoms with Gasteiger partial charge in [0.15, 0.2) is 0 Å². The standard InChI is InChI=1S/C30H29NO4/c1-19(2)35-25-16-14-24(15-17-25)31-27(21-9-4-3-5-10-21)26(29(33)30(31)34)28(32)23-13-12-20-8-6-7-11-22(20)18-23/h3-5,9-10,12-19,27,32H,6-8,11H2,1-2H3/b28-26-. The van der Waals surface area contributed by atoms with E-state index in [1.807, 2.05) is 62.4 Å². The number of fused-ring (bicyclic) bond motifs is 1. The van der Waals surface area contributed by atoms with Crippen molar-refractivity contribution in [3.05, 3.63) is 101 Å². The lowest BCUT2D eigenvalue weighted by molar-refractivity contribution is -0.132. The maximum Gasteiger partial charge on any atom is 0.300 e. The normalized spacial score (nSPS) is 19.2. The van der Waals surface area contributed by atoms with Gasteiger partial charge in [-0.05, 0) is 86.6 Å². The number of ether oxygens (including phenoxy) is 1. The van der Waals surface area contributed by atoms with Crippen molar-refractivity contribution in [1.82, 2.24) is 0 Å². The molecule has 1 N–H and O–H groups in total. The van der Waals surface area contributed by atoms with Crippen LogP contribution in [-0.4, -0.2) is 22.9 Å². The van der Waals surface area contributed by atoms with E-state index < -0.39 is 17.7 Å². The van der Waals surface area contributed by atoms with Crippen LogP contribution < -0.4 is 9.64 Å². The van der Waals surface area contributed by atoms with E-state index in [4.69, 9.17) is 4.74 Å². The van der Waals surface area contributed by atoms with E-state index in [2.05, 4.69) is 0 Å². The quantitative estimate of drug-likeness (QED) is 0.285. The first-order valence-electron chi connectivity index (χ1n) is 12.2. The monoisotopic (exact) mass is 467 g/mol. The van der Waals surface area contributed by atoms with Crippen molar-refractivity contribution in [2.75, 3.05) is 4.90 Å². The molecule has 0 radical (unpaired) electrons. The molecule has 0 bridgehead atoms. The molecule has 1 aliphatic carbocycles. The number of carbonyl (C=O) groups is 2. The van der Waals surface area contributed by atoms with Crippen LogP contribution in [0.15, 0.2) is 78.4 Å². The second-order valence-electron chi connectivity index (χ2n) is 9.43. The minimum Gasteiger partial charge on any atom is -0.507 e. The minimum absolute atomic E-state index is 0.0241. The number of hydrogen-bond acceptors (Lipinski definition) is 4. The Morgan fingerprint density at radius 1 is 0.914 bits per heavy atom. The van der Waals surface area contributed by atoms with Gasteiger partial charge >= 0.3 is 0 Å². The molecule has 5 nitrogen and oxygen atoms in total. The van der Waals surface area contributed by atoms with E-state index in [9.17, 15) is 14.7 Å². The van der Waals surface area contributed by atoms with Crippen molar-refractivity contribution in [1.29, 1.82) is 0 Å². The van der Waals surface area contributed by atoms with E-state index in [1.54, 1.807) is 24.3 Å². The topological polar surface area (TPSA) is 66.8 Å². The number of Topliss-reactive ketones (excluding diaryl/α,β-unsaturated/α-hetero) is 1. The molecule has 2 aliphatic rings. The summed E-state index contributed by atoms with van der Waals surface area (Å²) in [5.41, 5.74) is 4.50. The maximum absolute atomic E-state index is 13.4. The van der Waals surface area contributed by atoms with Crippen LogP contribution in [-0.2, 0) is 22.4 Å². The average molecular weight is 468 g/mol. The highest BCUT2D eigenvalue weighted by Gasteiger charge is 2.47. The fourth-order valence-electron chi connectivity index (χ4n) is 5.04. The summed E-state index contributed by atoms with van der Waals surface area (Å²) in [7, 11) is 0. The van der Waals surface area contributed by atoms with Crippen LogP contribution in [0.5, 0.6) is 5.75 Å². The van der Waals surface area contributed by atoms with Gasteiger partial charge in [0.2, 0.25) is 0 Å². The van der Waals surface area contributed by atoms with Gasteiger partial charge in [-0.2, -0.15) is 0 Å². The van der Waals surface area contributed by atoms with Crippen LogP contribution in [0, 0.1) is 0 Å². The molecule has 1 saturated heterocycles. The molecule has 3 aromatic rings. The zero-order valence-corrected chi connectivity index (χ0v) is 20.0. The van der Waals surface area contributed by atoms with Gasteiger partial charge in [-0.3, -0.25) is 14.5 Å². The molecule has 1 atom stereocenters. The first-order chi connectivity index (χ1) is 16.9. The van der Waals surface area contributed by atoms with Crippen molar-refractivity contribution in [3.8, 4) is 5.75 Å². The highest BCUT2D eigenvalue weighted by molar-refractivity contribution is 6.51. The Morgan fingerprint density at radius 3 is 2.29 bits per heavy atom. The number of hydrogen-bond donors (Lipinski definition) is 1. The third-order valence-corrected chi connectivity index (χ3v) is 6.67. The lowest BCUT2D eigenvalue weighted by atomic mass is 9.88. The number of amides is 1. The smallest absolute Gasteiger partial charge is 0.300 e. The summed E-state index contributed by atoms with van der Waals surface area (Å²) in [4.78, 5) is 28.2. The predicted octanol–water partition coefficient (Wildman–Crippen LogP) is 5.98. The van der Waals surface area contributed by atoms with E-state index in [0.717, 1.165) is 24.8 Å². The highest BCUT2D eigenvalue weighted by atomic mass is 16.5. The third kappa shape index (κ3) is 4.34. The maximum atomic E-state index is 13.4. The summed E-state index contributed by atoms with van der Waals surface area (Å²) in [5, 5.41) is 11.4. The molecule has 178 valence electrons. The number of aryl methyl sites for hydroxylation is 2. The van der Waals surface area contributed by atoms with Gasteiger partial charge < -0.3 is 9.84 Å². The molecule has 1 aliphatic heterocycles. The molecule has 1 unspecified atom stereocenters. The first-order valence-corrected chi connectivity index (χ1v) is 12.2. The Balaban J connectivity index is 1.62. The molecule has 1 heterocycles. The molecule has 0 spiro atoms. The Morgan fingerprint density at radius 2 is 1.60 bits per heavy atom. The van der Waals surface area contributed by atoms with Crippen LogP contribution >= 0.6 is 0 Å². The largest absolute Gasteiger partial charge is 0.507 e. The van der Waals surface area contributed by atoms with Crippen molar-refractivity contribution in [2.45, 2.75) is 51.7 Å². The molecule has 0 saturated carbocycles. The number of aliphatic hydroxyl groups excluding tert-OH is 1. The SMILES string of the molecule is CC(C)Oc1ccc(N2C(=O)C(=O)/C(=C(\O)c3ccc4c(c3)CCCC4)C2c2ccccc2)cc1. The molecular formula is C30H29NO4. The number of rotatable bonds is 5. The van der Waals surface area contributed by atoms with Gasteiger partial charge in [-0.25, -0.2) is 0 Å². The van der Waals surface area contributed by atoms with Crippen molar-refractivity contribution >= 4 is 23.1 Å². The Labute approximate surface area is 205 Å². The molecule has 0 aromatic heterocycles. The van der Waals surface area contributed by atoms with Gasteiger partial charge in [-0.15, -0.1) is 0 Å². The molecule has 1 amide bonds. The number of benzene rings is 3. The predicted molar refractivity (Wildman–Crippen MR) is 137 cm³/mol. The lowest BCUT2D eigenvalue weighted by Gasteiger charge is -2.26. The van der Waals surface area contributed by atoms with E-state index in [1.165, 1.54) is 22.4 Å². The van der Waals surface area contributed by atoms with Crippen molar-refractivity contribution in [2.24, 2.45) is 0 Å². The molecule has 3 aromatic carbocycles. The summed E-state index contributed by atoms with van der Waals surface area (Å²) in [6.07, 6.45) is 4.29. The van der Waals surface area contributed by atoms with Gasteiger partial charge in [0.1, 0.15) is 11.5 Å². The lowest BCUT2D eigenvalue weighted by Crippen LogP contribution is -2.29. The second kappa shape index (κ2) is 9.41. The zero-order valence-electron chi connectivity index (χ0n) is 20.0. The summed E-state index contributed by atoms with van der Waals surface area (Å²) >= 11 is 0. The number of carbonyl (C=O) groups excluding carboxylic acids is 2. The summed E-state index contributed by atoms with van der Waals surface area (Å²) in [5.74, 6) is -0.786. The van der Waals surface area contributed by atoms with Crippen LogP contribution in [0.3, 0.4) is 0 Å². The molecule has 1 fully saturated rings. The summed E-state index contributed by atoms with van der Waals surface area (Å²) < 4.78 is 5.73. The van der Waals surface area contributed by atoms with Crippen LogP contribution in [0.4, 0.5) is 5.69 Å². The Kier molecular flexibility index (Phi) is 6.16. The van der Waals surface area contributed by atoms with E-state index in [-0.39, 0.29) is 17.4 Å². The molecule has 35 heavy (non-hydrogen) atoms. The van der Waals surface area contributed by atoms with Crippen LogP contribution in [0.25, 0.3) is 5.76 Å². The van der Waals surface area contributed by atoms with E-state index in [0.29, 0.717) is 17.0 Å². The van der Waals surface area contributed by atoms with Crippen LogP contribution in [0.2, 0.25) is 0 Å². The summed E-state index contributed by atoms with van der Waals surface area (Å²) in [6.45, 7) is 3.89. The van der Waals surface area contributed by atoms with Gasteiger partial charge in [0.05, 0.1) is 17.7 Å². The Bertz CT molecular complexity index is 1290. The van der Waals surface area contributed by atoms with E-state index >= 15 is 0 Å². The average Bonchev–Trinajstić information content (AvgIpc) is 3.14. The molecule has 5 heteroatoms. The molecular weight excluding hydrogens is 438 g/mol. The van der Waals surface area contributed by atoms with Crippen molar-refractivity contribution in [3.63, 3.8) is 0 Å². The number of nitrogens with zero attached hydrogens (tertiary/aromatic N) is 1. The number of ketones is 1. The first kappa shape index (κ1) is 22.9. The minimum atomic E-state index is -0.732. The summed E-state index contributed by atoms with van der Waals surface area (Å²) in [6, 6.07) is 21.6. The zero-order chi connectivity index (χ0) is 24.5. The van der Waals surface area contributed by atoms with Gasteiger partial charge in [-0.1, -0.05) is 42.5 Å². The fraction of sp³-hybridized carbons (Fsp3) is 0.267. The van der Waals surface area contributed by atoms with Gasteiger partial charge in [0.25, 0.3) is 11.7 Å². The fourth-order valence-corrected chi connectivity index (χ4v) is 5.04. The Hall–Kier alpha value is -3.86. The number of anilines is 1.